The zero-order chi connectivity index (χ0) is 8.97. The number of hydrogen-bond acceptors (Lipinski definition) is 1. The fourth-order valence-corrected chi connectivity index (χ4v) is 1.44. The van der Waals surface area contributed by atoms with Crippen LogP contribution in [0.15, 0.2) is 22.7 Å². The summed E-state index contributed by atoms with van der Waals surface area (Å²) in [7, 11) is 1.61. The highest BCUT2D eigenvalue weighted by molar-refractivity contribution is 9.10. The topological polar surface area (TPSA) is 13.6 Å². The molecule has 0 aliphatic carbocycles. The van der Waals surface area contributed by atoms with Crippen molar-refractivity contribution in [2.24, 2.45) is 0 Å². The van der Waals surface area contributed by atoms with Crippen LogP contribution in [0, 0.1) is 6.57 Å². The van der Waals surface area contributed by atoms with Crippen molar-refractivity contribution in [1.29, 1.82) is 0 Å². The molecule has 12 heavy (non-hydrogen) atoms. The van der Waals surface area contributed by atoms with Gasteiger partial charge in [-0.25, -0.2) is 6.57 Å². The first kappa shape index (κ1) is 9.08. The van der Waals surface area contributed by atoms with Crippen LogP contribution in [0.25, 0.3) is 4.85 Å². The van der Waals surface area contributed by atoms with Gasteiger partial charge in [-0.3, -0.25) is 0 Å². The molecule has 1 rings (SSSR count). The van der Waals surface area contributed by atoms with Crippen molar-refractivity contribution >= 4 is 15.9 Å². The van der Waals surface area contributed by atoms with E-state index in [-0.39, 0.29) is 0 Å². The first-order chi connectivity index (χ1) is 5.76. The number of halogens is 1. The SMILES string of the molecule is [C-]#[N+]Cc1cc(Br)cc(OC)c1. The third kappa shape index (κ3) is 2.24. The predicted molar refractivity (Wildman–Crippen MR) is 51.0 cm³/mol. The molecule has 0 aromatic heterocycles. The van der Waals surface area contributed by atoms with Gasteiger partial charge in [0.15, 0.2) is 0 Å². The maximum Gasteiger partial charge on any atom is 0.239 e. The van der Waals surface area contributed by atoms with E-state index in [4.69, 9.17) is 11.3 Å². The molecule has 0 aliphatic rings. The minimum absolute atomic E-state index is 0.399. The second-order valence-corrected chi connectivity index (χ2v) is 3.23. The summed E-state index contributed by atoms with van der Waals surface area (Å²) in [6.45, 7) is 7.11. The number of ether oxygens (including phenoxy) is 1. The zero-order valence-electron chi connectivity index (χ0n) is 6.67. The third-order valence-electron chi connectivity index (χ3n) is 1.43. The summed E-state index contributed by atoms with van der Waals surface area (Å²) in [6.07, 6.45) is 0. The molecule has 62 valence electrons. The van der Waals surface area contributed by atoms with Crippen molar-refractivity contribution < 1.29 is 4.74 Å². The van der Waals surface area contributed by atoms with Gasteiger partial charge in [-0.2, -0.15) is 0 Å². The molecule has 0 heterocycles. The van der Waals surface area contributed by atoms with E-state index in [9.17, 15) is 0 Å². The van der Waals surface area contributed by atoms with Crippen molar-refractivity contribution in [3.8, 4) is 5.75 Å². The van der Waals surface area contributed by atoms with Crippen molar-refractivity contribution in [3.63, 3.8) is 0 Å². The standard InChI is InChI=1S/C9H8BrNO/c1-11-6-7-3-8(10)5-9(4-7)12-2/h3-5H,6H2,2H3. The average molecular weight is 226 g/mol. The highest BCUT2D eigenvalue weighted by Gasteiger charge is 2.00. The first-order valence-electron chi connectivity index (χ1n) is 3.43. The van der Waals surface area contributed by atoms with Gasteiger partial charge >= 0.3 is 0 Å². The van der Waals surface area contributed by atoms with Crippen molar-refractivity contribution in [1.82, 2.24) is 0 Å². The van der Waals surface area contributed by atoms with Crippen LogP contribution in [0.2, 0.25) is 0 Å². The molecule has 2 nitrogen and oxygen atoms in total. The van der Waals surface area contributed by atoms with E-state index in [1.54, 1.807) is 7.11 Å². The Bertz CT molecular complexity index is 317. The van der Waals surface area contributed by atoms with E-state index in [0.717, 1.165) is 15.8 Å². The van der Waals surface area contributed by atoms with Crippen LogP contribution in [0.3, 0.4) is 0 Å². The molecule has 0 bridgehead atoms. The van der Waals surface area contributed by atoms with Crippen LogP contribution in [0.1, 0.15) is 5.56 Å². The first-order valence-corrected chi connectivity index (χ1v) is 4.22. The van der Waals surface area contributed by atoms with E-state index >= 15 is 0 Å². The van der Waals surface area contributed by atoms with Crippen molar-refractivity contribution in [3.05, 3.63) is 39.7 Å². The zero-order valence-corrected chi connectivity index (χ0v) is 8.26. The summed E-state index contributed by atoms with van der Waals surface area (Å²) in [5.74, 6) is 0.781. The highest BCUT2D eigenvalue weighted by Crippen LogP contribution is 2.21. The minimum atomic E-state index is 0.399. The summed E-state index contributed by atoms with van der Waals surface area (Å²) in [4.78, 5) is 3.30. The minimum Gasteiger partial charge on any atom is -0.497 e. The van der Waals surface area contributed by atoms with Gasteiger partial charge in [-0.1, -0.05) is 15.9 Å². The Labute approximate surface area is 80.1 Å². The molecule has 0 saturated heterocycles. The number of methoxy groups -OCH3 is 1. The van der Waals surface area contributed by atoms with Crippen LogP contribution >= 0.6 is 15.9 Å². The molecule has 0 saturated carbocycles. The molecular formula is C9H8BrNO. The second kappa shape index (κ2) is 4.13. The molecule has 0 fully saturated rings. The largest absolute Gasteiger partial charge is 0.497 e. The maximum atomic E-state index is 6.71. The lowest BCUT2D eigenvalue weighted by molar-refractivity contribution is 0.414. The fourth-order valence-electron chi connectivity index (χ4n) is 0.921. The molecular weight excluding hydrogens is 218 g/mol. The van der Waals surface area contributed by atoms with E-state index in [2.05, 4.69) is 20.8 Å². The number of benzene rings is 1. The monoisotopic (exact) mass is 225 g/mol. The molecule has 0 aliphatic heterocycles. The Hall–Kier alpha value is -1.01. The molecule has 3 heteroatoms. The van der Waals surface area contributed by atoms with E-state index in [1.165, 1.54) is 0 Å². The summed E-state index contributed by atoms with van der Waals surface area (Å²) in [5, 5.41) is 0. The summed E-state index contributed by atoms with van der Waals surface area (Å²) in [6, 6.07) is 5.65. The molecule has 0 N–H and O–H groups in total. The quantitative estimate of drug-likeness (QED) is 0.707. The van der Waals surface area contributed by atoms with E-state index < -0.39 is 0 Å². The van der Waals surface area contributed by atoms with Crippen LogP contribution in [-0.4, -0.2) is 7.11 Å². The van der Waals surface area contributed by atoms with Gasteiger partial charge in [-0.05, 0) is 18.2 Å². The Morgan fingerprint density at radius 1 is 1.50 bits per heavy atom. The van der Waals surface area contributed by atoms with Crippen LogP contribution in [0.5, 0.6) is 5.75 Å². The lowest BCUT2D eigenvalue weighted by Gasteiger charge is -2.01. The van der Waals surface area contributed by atoms with Gasteiger partial charge in [0.05, 0.1) is 7.11 Å². The molecule has 1 aromatic rings. The van der Waals surface area contributed by atoms with Crippen LogP contribution in [0.4, 0.5) is 0 Å². The Balaban J connectivity index is 2.99. The predicted octanol–water partition coefficient (Wildman–Crippen LogP) is 2.88. The molecule has 0 unspecified atom stereocenters. The van der Waals surface area contributed by atoms with E-state index in [1.807, 2.05) is 18.2 Å². The maximum absolute atomic E-state index is 6.71. The number of nitrogens with zero attached hydrogens (tertiary/aromatic N) is 1. The van der Waals surface area contributed by atoms with Gasteiger partial charge in [-0.15, -0.1) is 0 Å². The Morgan fingerprint density at radius 3 is 2.83 bits per heavy atom. The number of hydrogen-bond donors (Lipinski definition) is 0. The fraction of sp³-hybridized carbons (Fsp3) is 0.222. The van der Waals surface area contributed by atoms with Gasteiger partial charge in [0.25, 0.3) is 0 Å². The number of rotatable bonds is 2. The summed E-state index contributed by atoms with van der Waals surface area (Å²) >= 11 is 3.34. The van der Waals surface area contributed by atoms with Crippen LogP contribution < -0.4 is 4.74 Å². The lowest BCUT2D eigenvalue weighted by atomic mass is 10.2. The molecule has 1 aromatic carbocycles. The molecule has 0 spiro atoms. The second-order valence-electron chi connectivity index (χ2n) is 2.32. The summed E-state index contributed by atoms with van der Waals surface area (Å²) < 4.78 is 5.99. The Morgan fingerprint density at radius 2 is 2.25 bits per heavy atom. The Kier molecular flexibility index (Phi) is 3.12. The van der Waals surface area contributed by atoms with Gasteiger partial charge in [0, 0.05) is 10.0 Å². The highest BCUT2D eigenvalue weighted by atomic mass is 79.9. The summed E-state index contributed by atoms with van der Waals surface area (Å²) in [5.41, 5.74) is 0.969. The lowest BCUT2D eigenvalue weighted by Crippen LogP contribution is -1.85. The van der Waals surface area contributed by atoms with Gasteiger partial charge in [0.2, 0.25) is 6.54 Å². The molecule has 0 amide bonds. The van der Waals surface area contributed by atoms with Gasteiger partial charge < -0.3 is 9.58 Å². The third-order valence-corrected chi connectivity index (χ3v) is 1.89. The van der Waals surface area contributed by atoms with Crippen molar-refractivity contribution in [2.45, 2.75) is 6.54 Å². The van der Waals surface area contributed by atoms with Crippen LogP contribution in [-0.2, 0) is 6.54 Å². The van der Waals surface area contributed by atoms with E-state index in [0.29, 0.717) is 6.54 Å². The average Bonchev–Trinajstić information content (AvgIpc) is 2.04. The normalized spacial score (nSPS) is 9.08. The smallest absolute Gasteiger partial charge is 0.239 e. The molecule has 0 radical (unpaired) electrons. The van der Waals surface area contributed by atoms with Crippen molar-refractivity contribution in [2.75, 3.05) is 7.11 Å². The molecule has 0 atom stereocenters. The van der Waals surface area contributed by atoms with Gasteiger partial charge in [0.1, 0.15) is 5.75 Å².